The van der Waals surface area contributed by atoms with Crippen molar-refractivity contribution in [3.8, 4) is 0 Å². The summed E-state index contributed by atoms with van der Waals surface area (Å²) in [6.07, 6.45) is 1.39. The van der Waals surface area contributed by atoms with Crippen molar-refractivity contribution < 1.29 is 9.21 Å². The van der Waals surface area contributed by atoms with E-state index in [1.807, 2.05) is 0 Å². The van der Waals surface area contributed by atoms with Crippen molar-refractivity contribution in [2.24, 2.45) is 0 Å². The van der Waals surface area contributed by atoms with Gasteiger partial charge in [0.15, 0.2) is 5.76 Å². The van der Waals surface area contributed by atoms with Crippen LogP contribution in [0.4, 0.5) is 5.82 Å². The Balaban J connectivity index is 2.05. The molecule has 0 saturated heterocycles. The Morgan fingerprint density at radius 2 is 2.37 bits per heavy atom. The molecule has 0 aromatic carbocycles. The summed E-state index contributed by atoms with van der Waals surface area (Å²) in [6.45, 7) is 1.68. The number of anilines is 1. The number of carbonyl (C=O) groups is 1. The van der Waals surface area contributed by atoms with Crippen LogP contribution in [0.3, 0.4) is 0 Å². The zero-order valence-electron chi connectivity index (χ0n) is 9.88. The highest BCUT2D eigenvalue weighted by atomic mass is 16.3. The van der Waals surface area contributed by atoms with Gasteiger partial charge in [0, 0.05) is 6.07 Å². The number of nitrogens with one attached hydrogen (secondary N) is 2. The monoisotopic (exact) mass is 259 g/mol. The van der Waals surface area contributed by atoms with Crippen molar-refractivity contribution >= 4 is 17.5 Å². The van der Waals surface area contributed by atoms with Gasteiger partial charge in [0.05, 0.1) is 6.26 Å². The average Bonchev–Trinajstić information content (AvgIpc) is 2.96. The lowest BCUT2D eigenvalue weighted by molar-refractivity contribution is 0.0996. The van der Waals surface area contributed by atoms with E-state index in [0.29, 0.717) is 5.82 Å². The average molecular weight is 259 g/mol. The minimum atomic E-state index is -0.468. The van der Waals surface area contributed by atoms with Crippen molar-refractivity contribution in [3.63, 3.8) is 0 Å². The predicted molar refractivity (Wildman–Crippen MR) is 65.0 cm³/mol. The van der Waals surface area contributed by atoms with E-state index < -0.39 is 5.91 Å². The number of carbonyl (C=O) groups excluding carboxylic acids is 1. The minimum absolute atomic E-state index is 0.144. The molecule has 0 saturated carbocycles. The van der Waals surface area contributed by atoms with Crippen LogP contribution < -0.4 is 10.9 Å². The maximum absolute atomic E-state index is 11.9. The third kappa shape index (κ3) is 1.99. The summed E-state index contributed by atoms with van der Waals surface area (Å²) >= 11 is 0. The maximum Gasteiger partial charge on any atom is 0.292 e. The number of fused-ring (bicyclic) bond motifs is 1. The number of aromatic nitrogens is 4. The van der Waals surface area contributed by atoms with Gasteiger partial charge in [-0.2, -0.15) is 9.50 Å². The maximum atomic E-state index is 11.9. The van der Waals surface area contributed by atoms with Gasteiger partial charge in [-0.3, -0.25) is 14.6 Å². The fourth-order valence-electron chi connectivity index (χ4n) is 1.67. The van der Waals surface area contributed by atoms with Crippen LogP contribution >= 0.6 is 0 Å². The fraction of sp³-hybridized carbons (Fsp3) is 0.0909. The number of nitrogens with zero attached hydrogens (tertiary/aromatic N) is 3. The number of hydrogen-bond acceptors (Lipinski definition) is 5. The van der Waals surface area contributed by atoms with Crippen LogP contribution in [0.2, 0.25) is 0 Å². The molecule has 3 aromatic rings. The van der Waals surface area contributed by atoms with Gasteiger partial charge in [0.25, 0.3) is 11.5 Å². The first-order valence-corrected chi connectivity index (χ1v) is 5.45. The van der Waals surface area contributed by atoms with Crippen LogP contribution in [0.15, 0.2) is 33.7 Å². The van der Waals surface area contributed by atoms with Crippen LogP contribution in [0.5, 0.6) is 0 Å². The Kier molecular flexibility index (Phi) is 2.41. The van der Waals surface area contributed by atoms with Crippen molar-refractivity contribution in [2.75, 3.05) is 5.32 Å². The van der Waals surface area contributed by atoms with Crippen LogP contribution in [-0.4, -0.2) is 25.5 Å². The molecular weight excluding hydrogens is 250 g/mol. The summed E-state index contributed by atoms with van der Waals surface area (Å²) in [5.74, 6) is 0.645. The molecule has 2 N–H and O–H groups in total. The number of furan rings is 1. The molecule has 96 valence electrons. The molecule has 3 aromatic heterocycles. The summed E-state index contributed by atoms with van der Waals surface area (Å²) in [4.78, 5) is 29.9. The van der Waals surface area contributed by atoms with Crippen molar-refractivity contribution in [3.05, 3.63) is 46.4 Å². The summed E-state index contributed by atoms with van der Waals surface area (Å²) in [7, 11) is 0. The van der Waals surface area contributed by atoms with E-state index >= 15 is 0 Å². The van der Waals surface area contributed by atoms with E-state index in [1.54, 1.807) is 13.0 Å². The number of amides is 1. The largest absolute Gasteiger partial charge is 0.459 e. The van der Waals surface area contributed by atoms with Crippen molar-refractivity contribution in [1.82, 2.24) is 19.6 Å². The molecule has 0 radical (unpaired) electrons. The van der Waals surface area contributed by atoms with Crippen LogP contribution in [0.25, 0.3) is 5.78 Å². The number of aryl methyl sites for hydroxylation is 1. The van der Waals surface area contributed by atoms with Crippen LogP contribution in [-0.2, 0) is 0 Å². The molecule has 0 bridgehead atoms. The van der Waals surface area contributed by atoms with Gasteiger partial charge in [0.2, 0.25) is 5.78 Å². The van der Waals surface area contributed by atoms with Gasteiger partial charge in [0.1, 0.15) is 11.6 Å². The van der Waals surface area contributed by atoms with Crippen LogP contribution in [0, 0.1) is 6.92 Å². The lowest BCUT2D eigenvalue weighted by atomic mass is 10.4. The molecule has 8 heteroatoms. The highest BCUT2D eigenvalue weighted by Crippen LogP contribution is 2.08. The number of aromatic amines is 1. The Bertz CT molecular complexity index is 799. The molecule has 0 aliphatic rings. The second-order valence-corrected chi connectivity index (χ2v) is 3.84. The van der Waals surface area contributed by atoms with Gasteiger partial charge in [-0.15, -0.1) is 5.10 Å². The highest BCUT2D eigenvalue weighted by Gasteiger charge is 2.13. The van der Waals surface area contributed by atoms with Crippen molar-refractivity contribution in [1.29, 1.82) is 0 Å². The number of H-pyrrole nitrogens is 1. The summed E-state index contributed by atoms with van der Waals surface area (Å²) in [5, 5.41) is 6.63. The number of rotatable bonds is 2. The van der Waals surface area contributed by atoms with Crippen molar-refractivity contribution in [2.45, 2.75) is 6.92 Å². The van der Waals surface area contributed by atoms with Gasteiger partial charge >= 0.3 is 0 Å². The van der Waals surface area contributed by atoms with E-state index in [2.05, 4.69) is 20.4 Å². The second kappa shape index (κ2) is 4.09. The molecule has 8 nitrogen and oxygen atoms in total. The topological polar surface area (TPSA) is 105 Å². The van der Waals surface area contributed by atoms with E-state index in [-0.39, 0.29) is 22.9 Å². The third-order valence-electron chi connectivity index (χ3n) is 2.43. The molecule has 3 heterocycles. The lowest BCUT2D eigenvalue weighted by Gasteiger charge is -2.04. The molecular formula is C11H9N5O3. The molecule has 0 atom stereocenters. The van der Waals surface area contributed by atoms with E-state index in [4.69, 9.17) is 4.42 Å². The highest BCUT2D eigenvalue weighted by molar-refractivity contribution is 6.01. The quantitative estimate of drug-likeness (QED) is 0.700. The number of hydrogen-bond donors (Lipinski definition) is 2. The Labute approximate surface area is 106 Å². The summed E-state index contributed by atoms with van der Waals surface area (Å²) in [6, 6.07) is 4.34. The van der Waals surface area contributed by atoms with Gasteiger partial charge < -0.3 is 9.73 Å². The van der Waals surface area contributed by atoms with Gasteiger partial charge in [-0.1, -0.05) is 0 Å². The predicted octanol–water partition coefficient (Wildman–Crippen LogP) is 0.571. The molecule has 0 aliphatic heterocycles. The van der Waals surface area contributed by atoms with Gasteiger partial charge in [-0.25, -0.2) is 0 Å². The van der Waals surface area contributed by atoms with Gasteiger partial charge in [-0.05, 0) is 19.1 Å². The zero-order chi connectivity index (χ0) is 13.4. The summed E-state index contributed by atoms with van der Waals surface area (Å²) < 4.78 is 6.32. The smallest absolute Gasteiger partial charge is 0.292 e. The standard InChI is InChI=1S/C11H9N5O3/c1-6-12-11-14-9(17)5-8(16(11)15-6)13-10(18)7-3-2-4-19-7/h2-5H,1H3,(H,13,18)(H,12,14,15,17). The summed E-state index contributed by atoms with van der Waals surface area (Å²) in [5.41, 5.74) is -0.380. The first-order chi connectivity index (χ1) is 9.13. The molecule has 3 rings (SSSR count). The fourth-order valence-corrected chi connectivity index (χ4v) is 1.67. The Hall–Kier alpha value is -2.90. The van der Waals surface area contributed by atoms with E-state index in [1.165, 1.54) is 22.9 Å². The molecule has 0 fully saturated rings. The Morgan fingerprint density at radius 1 is 1.53 bits per heavy atom. The SMILES string of the molecule is Cc1nc2[nH]c(=O)cc(NC(=O)c3ccco3)n2n1. The lowest BCUT2D eigenvalue weighted by Crippen LogP contribution is -2.18. The Morgan fingerprint density at radius 3 is 3.11 bits per heavy atom. The minimum Gasteiger partial charge on any atom is -0.459 e. The first kappa shape index (κ1) is 11.2. The van der Waals surface area contributed by atoms with E-state index in [0.717, 1.165) is 0 Å². The molecule has 0 unspecified atom stereocenters. The normalized spacial score (nSPS) is 10.8. The molecule has 0 spiro atoms. The zero-order valence-corrected chi connectivity index (χ0v) is 9.88. The van der Waals surface area contributed by atoms with Crippen LogP contribution in [0.1, 0.15) is 16.4 Å². The van der Waals surface area contributed by atoms with E-state index in [9.17, 15) is 9.59 Å². The molecule has 1 amide bonds. The third-order valence-corrected chi connectivity index (χ3v) is 2.43. The first-order valence-electron chi connectivity index (χ1n) is 5.45. The molecule has 0 aliphatic carbocycles. The second-order valence-electron chi connectivity index (χ2n) is 3.84. The molecule has 19 heavy (non-hydrogen) atoms.